The van der Waals surface area contributed by atoms with Crippen LogP contribution in [0.3, 0.4) is 0 Å². The lowest BCUT2D eigenvalue weighted by Gasteiger charge is -2.38. The molecule has 2 aromatic carbocycles. The van der Waals surface area contributed by atoms with Gasteiger partial charge in [0.2, 0.25) is 0 Å². The molecule has 5 nitrogen and oxygen atoms in total. The van der Waals surface area contributed by atoms with Crippen molar-refractivity contribution in [3.8, 4) is 11.1 Å². The van der Waals surface area contributed by atoms with E-state index < -0.39 is 17.7 Å². The van der Waals surface area contributed by atoms with Crippen molar-refractivity contribution in [2.75, 3.05) is 11.4 Å². The van der Waals surface area contributed by atoms with Crippen molar-refractivity contribution in [2.24, 2.45) is 5.92 Å². The lowest BCUT2D eigenvalue weighted by molar-refractivity contribution is -0.142. The van der Waals surface area contributed by atoms with Crippen LogP contribution >= 0.6 is 23.2 Å². The highest BCUT2D eigenvalue weighted by Gasteiger charge is 2.32. The third kappa shape index (κ3) is 3.63. The van der Waals surface area contributed by atoms with Gasteiger partial charge in [-0.25, -0.2) is 14.4 Å². The van der Waals surface area contributed by atoms with Crippen LogP contribution < -0.4 is 4.90 Å². The summed E-state index contributed by atoms with van der Waals surface area (Å²) in [5.74, 6) is -1.28. The van der Waals surface area contributed by atoms with E-state index in [0.717, 1.165) is 5.56 Å². The topological polar surface area (TPSA) is 66.3 Å². The lowest BCUT2D eigenvalue weighted by atomic mass is 9.92. The SMILES string of the molecule is CC1CCC(C(=O)O)CN1c1ncnc2c(F)ccc(-c3ccc(Cl)c(Cl)c3)c12. The Labute approximate surface area is 177 Å². The molecule has 1 saturated heterocycles. The van der Waals surface area contributed by atoms with Crippen LogP contribution in [-0.2, 0) is 4.79 Å². The third-order valence-electron chi connectivity index (χ3n) is 5.45. The first kappa shape index (κ1) is 19.9. The van der Waals surface area contributed by atoms with Gasteiger partial charge < -0.3 is 10.0 Å². The second-order valence-corrected chi connectivity index (χ2v) is 8.07. The van der Waals surface area contributed by atoms with Crippen LogP contribution in [0.4, 0.5) is 10.2 Å². The highest BCUT2D eigenvalue weighted by Crippen LogP contribution is 2.39. The van der Waals surface area contributed by atoms with Crippen molar-refractivity contribution < 1.29 is 14.3 Å². The van der Waals surface area contributed by atoms with Crippen LogP contribution in [0.5, 0.6) is 0 Å². The van der Waals surface area contributed by atoms with Crippen molar-refractivity contribution >= 4 is 45.9 Å². The maximum absolute atomic E-state index is 14.6. The first-order chi connectivity index (χ1) is 13.9. The van der Waals surface area contributed by atoms with E-state index in [1.807, 2.05) is 11.8 Å². The summed E-state index contributed by atoms with van der Waals surface area (Å²) in [6, 6.07) is 8.28. The van der Waals surface area contributed by atoms with Crippen molar-refractivity contribution in [3.63, 3.8) is 0 Å². The number of hydrogen-bond donors (Lipinski definition) is 1. The molecule has 1 aromatic heterocycles. The molecule has 0 amide bonds. The number of piperidine rings is 1. The van der Waals surface area contributed by atoms with E-state index in [1.165, 1.54) is 12.4 Å². The second kappa shape index (κ2) is 7.76. The minimum absolute atomic E-state index is 0.0635. The normalized spacial score (nSPS) is 19.5. The van der Waals surface area contributed by atoms with Gasteiger partial charge in [-0.05, 0) is 49.1 Å². The van der Waals surface area contributed by atoms with Gasteiger partial charge in [0.05, 0.1) is 21.3 Å². The van der Waals surface area contributed by atoms with Crippen LogP contribution in [0.1, 0.15) is 19.8 Å². The summed E-state index contributed by atoms with van der Waals surface area (Å²) in [4.78, 5) is 22.1. The van der Waals surface area contributed by atoms with Crippen molar-refractivity contribution in [2.45, 2.75) is 25.8 Å². The summed E-state index contributed by atoms with van der Waals surface area (Å²) in [5.41, 5.74) is 1.64. The monoisotopic (exact) mass is 433 g/mol. The molecule has 1 aliphatic heterocycles. The largest absolute Gasteiger partial charge is 0.481 e. The van der Waals surface area contributed by atoms with Gasteiger partial charge in [-0.3, -0.25) is 4.79 Å². The molecule has 8 heteroatoms. The number of rotatable bonds is 3. The van der Waals surface area contributed by atoms with Crippen LogP contribution in [0.25, 0.3) is 22.0 Å². The molecular weight excluding hydrogens is 416 g/mol. The number of carboxylic acids is 1. The van der Waals surface area contributed by atoms with E-state index >= 15 is 0 Å². The molecule has 2 unspecified atom stereocenters. The summed E-state index contributed by atoms with van der Waals surface area (Å²) < 4.78 is 14.6. The maximum atomic E-state index is 14.6. The predicted octanol–water partition coefficient (Wildman–Crippen LogP) is 5.43. The van der Waals surface area contributed by atoms with Crippen molar-refractivity contribution in [1.29, 1.82) is 0 Å². The van der Waals surface area contributed by atoms with Gasteiger partial charge in [-0.1, -0.05) is 35.3 Å². The Balaban J connectivity index is 1.94. The molecule has 150 valence electrons. The van der Waals surface area contributed by atoms with Crippen LogP contribution in [0.2, 0.25) is 10.0 Å². The zero-order chi connectivity index (χ0) is 20.7. The molecule has 4 rings (SSSR count). The number of aliphatic carboxylic acids is 1. The van der Waals surface area contributed by atoms with Gasteiger partial charge in [0.1, 0.15) is 23.5 Å². The van der Waals surface area contributed by atoms with Crippen LogP contribution in [0, 0.1) is 11.7 Å². The second-order valence-electron chi connectivity index (χ2n) is 7.26. The van der Waals surface area contributed by atoms with Gasteiger partial charge in [-0.2, -0.15) is 0 Å². The van der Waals surface area contributed by atoms with E-state index in [-0.39, 0.29) is 11.6 Å². The molecule has 0 aliphatic carbocycles. The highest BCUT2D eigenvalue weighted by atomic mass is 35.5. The average molecular weight is 434 g/mol. The smallest absolute Gasteiger partial charge is 0.308 e. The fourth-order valence-corrected chi connectivity index (χ4v) is 4.15. The van der Waals surface area contributed by atoms with E-state index in [1.54, 1.807) is 24.3 Å². The van der Waals surface area contributed by atoms with Crippen molar-refractivity contribution in [3.05, 3.63) is 52.5 Å². The zero-order valence-electron chi connectivity index (χ0n) is 15.6. The standard InChI is InChI=1S/C21H18Cl2FN3O2/c1-11-2-3-13(21(28)29)9-27(11)20-18-14(12-4-6-15(22)16(23)8-12)5-7-17(24)19(18)25-10-26-20/h4-8,10-11,13H,2-3,9H2,1H3,(H,28,29). The molecule has 2 heterocycles. The number of carboxylic acid groups (broad SMARTS) is 1. The number of hydrogen-bond acceptors (Lipinski definition) is 4. The molecule has 1 N–H and O–H groups in total. The molecule has 1 fully saturated rings. The summed E-state index contributed by atoms with van der Waals surface area (Å²) in [7, 11) is 0. The molecule has 0 saturated carbocycles. The number of anilines is 1. The Hall–Kier alpha value is -2.44. The minimum atomic E-state index is -0.837. The van der Waals surface area contributed by atoms with Crippen molar-refractivity contribution in [1.82, 2.24) is 9.97 Å². The number of carbonyl (C=O) groups is 1. The highest BCUT2D eigenvalue weighted by molar-refractivity contribution is 6.42. The summed E-state index contributed by atoms with van der Waals surface area (Å²) in [6.45, 7) is 2.32. The average Bonchev–Trinajstić information content (AvgIpc) is 2.70. The van der Waals surface area contributed by atoms with E-state index in [0.29, 0.717) is 46.2 Å². The third-order valence-corrected chi connectivity index (χ3v) is 6.19. The van der Waals surface area contributed by atoms with E-state index in [2.05, 4.69) is 9.97 Å². The Kier molecular flexibility index (Phi) is 5.32. The fraction of sp³-hybridized carbons (Fsp3) is 0.286. The Bertz CT molecular complexity index is 1110. The first-order valence-electron chi connectivity index (χ1n) is 9.25. The number of benzene rings is 2. The predicted molar refractivity (Wildman–Crippen MR) is 112 cm³/mol. The van der Waals surface area contributed by atoms with Gasteiger partial charge in [0, 0.05) is 12.6 Å². The Morgan fingerprint density at radius 1 is 1.17 bits per heavy atom. The number of aromatic nitrogens is 2. The molecule has 1 aliphatic rings. The molecule has 3 aromatic rings. The Morgan fingerprint density at radius 2 is 1.97 bits per heavy atom. The van der Waals surface area contributed by atoms with E-state index in [4.69, 9.17) is 23.2 Å². The molecule has 0 radical (unpaired) electrons. The molecular formula is C21H18Cl2FN3O2. The maximum Gasteiger partial charge on any atom is 0.308 e. The molecule has 29 heavy (non-hydrogen) atoms. The zero-order valence-corrected chi connectivity index (χ0v) is 17.1. The van der Waals surface area contributed by atoms with Gasteiger partial charge in [0.15, 0.2) is 0 Å². The number of halogens is 3. The van der Waals surface area contributed by atoms with Gasteiger partial charge >= 0.3 is 5.97 Å². The van der Waals surface area contributed by atoms with Gasteiger partial charge in [-0.15, -0.1) is 0 Å². The molecule has 0 bridgehead atoms. The summed E-state index contributed by atoms with van der Waals surface area (Å²) in [6.07, 6.45) is 2.63. The molecule has 2 atom stereocenters. The van der Waals surface area contributed by atoms with Gasteiger partial charge in [0.25, 0.3) is 0 Å². The van der Waals surface area contributed by atoms with E-state index in [9.17, 15) is 14.3 Å². The number of nitrogens with zero attached hydrogens (tertiary/aromatic N) is 3. The fourth-order valence-electron chi connectivity index (χ4n) is 3.85. The molecule has 0 spiro atoms. The Morgan fingerprint density at radius 3 is 2.69 bits per heavy atom. The van der Waals surface area contributed by atoms with Crippen LogP contribution in [-0.4, -0.2) is 33.6 Å². The van der Waals surface area contributed by atoms with Crippen LogP contribution in [0.15, 0.2) is 36.7 Å². The number of fused-ring (bicyclic) bond motifs is 1. The summed E-state index contributed by atoms with van der Waals surface area (Å²) >= 11 is 12.2. The quantitative estimate of drug-likeness (QED) is 0.595. The minimum Gasteiger partial charge on any atom is -0.481 e. The first-order valence-corrected chi connectivity index (χ1v) is 10.0. The lowest BCUT2D eigenvalue weighted by Crippen LogP contribution is -2.44. The summed E-state index contributed by atoms with van der Waals surface area (Å²) in [5, 5.41) is 10.8.